The summed E-state index contributed by atoms with van der Waals surface area (Å²) in [5, 5.41) is 3.04. The zero-order chi connectivity index (χ0) is 28.7. The highest BCUT2D eigenvalue weighted by atomic mass is 32.2. The predicted octanol–water partition coefficient (Wildman–Crippen LogP) is 4.51. The van der Waals surface area contributed by atoms with E-state index in [-0.39, 0.29) is 29.1 Å². The van der Waals surface area contributed by atoms with E-state index in [0.29, 0.717) is 5.75 Å². The maximum absolute atomic E-state index is 13.9. The van der Waals surface area contributed by atoms with Gasteiger partial charge in [-0.1, -0.05) is 43.2 Å². The lowest BCUT2D eigenvalue weighted by atomic mass is 10.1. The second kappa shape index (κ2) is 13.0. The zero-order valence-electron chi connectivity index (χ0n) is 22.6. The number of anilines is 1. The lowest BCUT2D eigenvalue weighted by Gasteiger charge is -2.32. The summed E-state index contributed by atoms with van der Waals surface area (Å²) in [6, 6.07) is 19.1. The van der Waals surface area contributed by atoms with Crippen LogP contribution in [0.2, 0.25) is 0 Å². The van der Waals surface area contributed by atoms with E-state index in [1.54, 1.807) is 6.92 Å². The maximum Gasteiger partial charge on any atom is 0.264 e. The van der Waals surface area contributed by atoms with Crippen LogP contribution in [0.4, 0.5) is 10.1 Å². The van der Waals surface area contributed by atoms with Gasteiger partial charge in [0.25, 0.3) is 10.0 Å². The van der Waals surface area contributed by atoms with Crippen molar-refractivity contribution in [2.24, 2.45) is 0 Å². The smallest absolute Gasteiger partial charge is 0.264 e. The molecule has 2 amide bonds. The normalized spacial score (nSPS) is 14.4. The number of nitrogens with one attached hydrogen (secondary N) is 1. The van der Waals surface area contributed by atoms with Crippen LogP contribution < -0.4 is 14.4 Å². The van der Waals surface area contributed by atoms with E-state index in [1.807, 2.05) is 30.3 Å². The molecule has 3 aromatic carbocycles. The van der Waals surface area contributed by atoms with Crippen LogP contribution in [0.15, 0.2) is 83.8 Å². The number of benzene rings is 3. The van der Waals surface area contributed by atoms with Crippen LogP contribution in [0.25, 0.3) is 0 Å². The van der Waals surface area contributed by atoms with E-state index in [2.05, 4.69) is 5.32 Å². The molecule has 8 nitrogen and oxygen atoms in total. The van der Waals surface area contributed by atoms with Gasteiger partial charge in [0.2, 0.25) is 11.8 Å². The van der Waals surface area contributed by atoms with E-state index in [4.69, 9.17) is 4.74 Å². The van der Waals surface area contributed by atoms with Crippen LogP contribution in [0.3, 0.4) is 0 Å². The van der Waals surface area contributed by atoms with E-state index in [0.717, 1.165) is 47.7 Å². The molecule has 40 heavy (non-hydrogen) atoms. The Morgan fingerprint density at radius 2 is 1.60 bits per heavy atom. The third kappa shape index (κ3) is 6.98. The topological polar surface area (TPSA) is 96.0 Å². The second-order valence-corrected chi connectivity index (χ2v) is 11.7. The van der Waals surface area contributed by atoms with Crippen LogP contribution in [0.1, 0.15) is 38.2 Å². The largest absolute Gasteiger partial charge is 0.497 e. The molecular weight excluding hydrogens is 533 g/mol. The standard InChI is InChI=1S/C30H34FN3O5S/c1-22(30(36)32-25-10-6-7-11-25)33(20-23-8-4-3-5-9-23)29(35)21-34(26-14-12-24(31)13-15-26)40(37,38)28-18-16-27(39-2)17-19-28/h3-5,8-9,12-19,22,25H,6-7,10-11,20-21H2,1-2H3,(H,32,36)/t22-/m1/s1. The number of halogens is 1. The summed E-state index contributed by atoms with van der Waals surface area (Å²) in [5.41, 5.74) is 0.913. The molecule has 0 bridgehead atoms. The molecule has 1 atom stereocenters. The fourth-order valence-electron chi connectivity index (χ4n) is 4.77. The maximum atomic E-state index is 13.9. The van der Waals surface area contributed by atoms with Gasteiger partial charge in [0.15, 0.2) is 0 Å². The molecule has 212 valence electrons. The van der Waals surface area contributed by atoms with E-state index in [9.17, 15) is 22.4 Å². The molecule has 3 aromatic rings. The van der Waals surface area contributed by atoms with Crippen LogP contribution >= 0.6 is 0 Å². The van der Waals surface area contributed by atoms with Gasteiger partial charge in [0.1, 0.15) is 24.2 Å². The van der Waals surface area contributed by atoms with Gasteiger partial charge < -0.3 is 15.0 Å². The number of rotatable bonds is 11. The second-order valence-electron chi connectivity index (χ2n) is 9.84. The molecule has 0 aromatic heterocycles. The van der Waals surface area contributed by atoms with Crippen molar-refractivity contribution in [3.63, 3.8) is 0 Å². The molecule has 10 heteroatoms. The van der Waals surface area contributed by atoms with Gasteiger partial charge in [-0.05, 0) is 73.9 Å². The average Bonchev–Trinajstić information content (AvgIpc) is 3.48. The fourth-order valence-corrected chi connectivity index (χ4v) is 6.18. The third-order valence-corrected chi connectivity index (χ3v) is 8.89. The highest BCUT2D eigenvalue weighted by Gasteiger charge is 2.33. The molecule has 0 heterocycles. The SMILES string of the molecule is COc1ccc(S(=O)(=O)N(CC(=O)N(Cc2ccccc2)[C@H](C)C(=O)NC2CCCC2)c2ccc(F)cc2)cc1. The minimum absolute atomic E-state index is 0.0629. The highest BCUT2D eigenvalue weighted by molar-refractivity contribution is 7.92. The Morgan fingerprint density at radius 3 is 2.20 bits per heavy atom. The number of sulfonamides is 1. The fraction of sp³-hybridized carbons (Fsp3) is 0.333. The summed E-state index contributed by atoms with van der Waals surface area (Å²) in [6.07, 6.45) is 3.87. The predicted molar refractivity (Wildman–Crippen MR) is 151 cm³/mol. The van der Waals surface area contributed by atoms with Crippen molar-refractivity contribution in [1.29, 1.82) is 0 Å². The van der Waals surface area contributed by atoms with Crippen molar-refractivity contribution in [3.05, 3.63) is 90.2 Å². The van der Waals surface area contributed by atoms with Crippen molar-refractivity contribution in [3.8, 4) is 5.75 Å². The minimum atomic E-state index is -4.25. The number of hydrogen-bond donors (Lipinski definition) is 1. The number of hydrogen-bond acceptors (Lipinski definition) is 5. The van der Waals surface area contributed by atoms with Gasteiger partial charge in [0, 0.05) is 12.6 Å². The van der Waals surface area contributed by atoms with Crippen molar-refractivity contribution in [2.45, 2.75) is 56.1 Å². The lowest BCUT2D eigenvalue weighted by Crippen LogP contribution is -2.52. The number of ether oxygens (including phenoxy) is 1. The Balaban J connectivity index is 1.66. The molecule has 0 saturated heterocycles. The molecule has 0 spiro atoms. The number of carbonyl (C=O) groups is 2. The summed E-state index contributed by atoms with van der Waals surface area (Å²) in [6.45, 7) is 1.16. The first-order valence-corrected chi connectivity index (χ1v) is 14.7. The molecular formula is C30H34FN3O5S. The Labute approximate surface area is 234 Å². The van der Waals surface area contributed by atoms with Crippen molar-refractivity contribution in [2.75, 3.05) is 18.0 Å². The van der Waals surface area contributed by atoms with Gasteiger partial charge >= 0.3 is 0 Å². The summed E-state index contributed by atoms with van der Waals surface area (Å²) >= 11 is 0. The first-order valence-electron chi connectivity index (χ1n) is 13.2. The number of carbonyl (C=O) groups excluding carboxylic acids is 2. The van der Waals surface area contributed by atoms with Gasteiger partial charge in [-0.3, -0.25) is 13.9 Å². The summed E-state index contributed by atoms with van der Waals surface area (Å²) in [7, 11) is -2.78. The highest BCUT2D eigenvalue weighted by Crippen LogP contribution is 2.26. The first kappa shape index (κ1) is 29.1. The van der Waals surface area contributed by atoms with E-state index in [1.165, 1.54) is 48.4 Å². The van der Waals surface area contributed by atoms with E-state index < -0.39 is 34.3 Å². The van der Waals surface area contributed by atoms with Gasteiger partial charge in [-0.2, -0.15) is 0 Å². The van der Waals surface area contributed by atoms with Crippen molar-refractivity contribution >= 4 is 27.5 Å². The third-order valence-electron chi connectivity index (χ3n) is 7.11. The van der Waals surface area contributed by atoms with Crippen molar-refractivity contribution in [1.82, 2.24) is 10.2 Å². The van der Waals surface area contributed by atoms with Crippen molar-refractivity contribution < 1.29 is 27.1 Å². The minimum Gasteiger partial charge on any atom is -0.497 e. The summed E-state index contributed by atoms with van der Waals surface area (Å²) in [4.78, 5) is 28.4. The first-order chi connectivity index (χ1) is 19.2. The lowest BCUT2D eigenvalue weighted by molar-refractivity contribution is -0.139. The number of nitrogens with zero attached hydrogens (tertiary/aromatic N) is 2. The molecule has 4 rings (SSSR count). The molecule has 0 aliphatic heterocycles. The molecule has 0 radical (unpaired) electrons. The molecule has 1 aliphatic carbocycles. The van der Waals surface area contributed by atoms with Gasteiger partial charge in [-0.15, -0.1) is 0 Å². The molecule has 1 saturated carbocycles. The summed E-state index contributed by atoms with van der Waals surface area (Å²) in [5.74, 6) is -0.930. The zero-order valence-corrected chi connectivity index (χ0v) is 23.4. The Kier molecular flexibility index (Phi) is 9.42. The van der Waals surface area contributed by atoms with Gasteiger partial charge in [0.05, 0.1) is 17.7 Å². The monoisotopic (exact) mass is 567 g/mol. The van der Waals surface area contributed by atoms with Crippen LogP contribution in [-0.2, 0) is 26.2 Å². The summed E-state index contributed by atoms with van der Waals surface area (Å²) < 4.78 is 47.4. The Hall–Kier alpha value is -3.92. The molecule has 1 N–H and O–H groups in total. The number of amides is 2. The average molecular weight is 568 g/mol. The molecule has 1 aliphatic rings. The molecule has 0 unspecified atom stereocenters. The van der Waals surface area contributed by atoms with Crippen LogP contribution in [0, 0.1) is 5.82 Å². The van der Waals surface area contributed by atoms with E-state index >= 15 is 0 Å². The van der Waals surface area contributed by atoms with Crippen LogP contribution in [-0.4, -0.2) is 50.9 Å². The van der Waals surface area contributed by atoms with Crippen LogP contribution in [0.5, 0.6) is 5.75 Å². The van der Waals surface area contributed by atoms with Gasteiger partial charge in [-0.25, -0.2) is 12.8 Å². The Bertz CT molecular complexity index is 1390. The number of methoxy groups -OCH3 is 1. The quantitative estimate of drug-likeness (QED) is 0.368. The molecule has 1 fully saturated rings. The Morgan fingerprint density at radius 1 is 0.975 bits per heavy atom.